The Kier molecular flexibility index (Phi) is 6.30. The summed E-state index contributed by atoms with van der Waals surface area (Å²) in [6, 6.07) is 8.10. The van der Waals surface area contributed by atoms with Crippen molar-refractivity contribution in [3.63, 3.8) is 0 Å². The molecule has 0 aromatic heterocycles. The molecule has 0 bridgehead atoms. The summed E-state index contributed by atoms with van der Waals surface area (Å²) in [5, 5.41) is 10.0. The van der Waals surface area contributed by atoms with Crippen LogP contribution in [0.5, 0.6) is 5.75 Å². The van der Waals surface area contributed by atoms with Gasteiger partial charge in [-0.3, -0.25) is 4.90 Å². The van der Waals surface area contributed by atoms with Crippen LogP contribution in [0.2, 0.25) is 0 Å². The molecule has 1 aromatic rings. The fraction of sp³-hybridized carbons (Fsp3) is 0.625. The zero-order chi connectivity index (χ0) is 14.2. The molecule has 1 aliphatic rings. The summed E-state index contributed by atoms with van der Waals surface area (Å²) < 4.78 is 11.2. The molecule has 2 rings (SSSR count). The number of fused-ring (bicyclic) bond motifs is 1. The Labute approximate surface area is 121 Å². The van der Waals surface area contributed by atoms with E-state index in [2.05, 4.69) is 17.9 Å². The van der Waals surface area contributed by atoms with Crippen molar-refractivity contribution < 1.29 is 14.6 Å². The van der Waals surface area contributed by atoms with Crippen molar-refractivity contribution in [2.75, 3.05) is 32.9 Å². The molecule has 1 atom stereocenters. The highest BCUT2D eigenvalue weighted by atomic mass is 16.5. The molecular weight excluding hydrogens is 254 g/mol. The van der Waals surface area contributed by atoms with Crippen LogP contribution in [0.1, 0.15) is 25.3 Å². The number of aliphatic hydroxyl groups is 1. The Balaban J connectivity index is 1.78. The van der Waals surface area contributed by atoms with Crippen LogP contribution in [-0.2, 0) is 11.3 Å². The van der Waals surface area contributed by atoms with Gasteiger partial charge < -0.3 is 14.6 Å². The number of rotatable bonds is 7. The van der Waals surface area contributed by atoms with Crippen LogP contribution in [-0.4, -0.2) is 49.0 Å². The maximum absolute atomic E-state index is 10.0. The summed E-state index contributed by atoms with van der Waals surface area (Å²) in [5.41, 5.74) is 1.18. The highest BCUT2D eigenvalue weighted by Gasteiger charge is 2.17. The summed E-state index contributed by atoms with van der Waals surface area (Å²) in [6.07, 6.45) is 1.74. The zero-order valence-corrected chi connectivity index (χ0v) is 12.3. The molecule has 20 heavy (non-hydrogen) atoms. The third-order valence-corrected chi connectivity index (χ3v) is 3.45. The van der Waals surface area contributed by atoms with Gasteiger partial charge in [0.2, 0.25) is 0 Å². The first-order chi connectivity index (χ1) is 9.79. The second kappa shape index (κ2) is 8.25. The van der Waals surface area contributed by atoms with Crippen LogP contribution in [0.15, 0.2) is 24.3 Å². The molecule has 0 amide bonds. The van der Waals surface area contributed by atoms with Crippen LogP contribution < -0.4 is 4.74 Å². The number of unbranched alkanes of at least 4 members (excludes halogenated alkanes) is 1. The van der Waals surface area contributed by atoms with Crippen molar-refractivity contribution in [3.05, 3.63) is 29.8 Å². The summed E-state index contributed by atoms with van der Waals surface area (Å²) in [5.74, 6) is 0.962. The number of benzene rings is 1. The molecule has 1 heterocycles. The van der Waals surface area contributed by atoms with Gasteiger partial charge in [-0.25, -0.2) is 0 Å². The second-order valence-corrected chi connectivity index (χ2v) is 5.27. The smallest absolute Gasteiger partial charge is 0.123 e. The molecular formula is C16H25NO3. The molecule has 0 saturated carbocycles. The van der Waals surface area contributed by atoms with Gasteiger partial charge in [0.15, 0.2) is 0 Å². The van der Waals surface area contributed by atoms with Gasteiger partial charge in [-0.1, -0.05) is 31.5 Å². The number of β-amino-alcohol motifs (C(OH)–C–C–N with tert-alkyl or cyclic N) is 1. The molecule has 1 unspecified atom stereocenters. The van der Waals surface area contributed by atoms with Crippen molar-refractivity contribution in [2.45, 2.75) is 32.4 Å². The standard InChI is InChI=1S/C16H25NO3/c1-2-3-9-19-13-15(18)12-17-8-10-20-16-7-5-4-6-14(16)11-17/h4-7,15,18H,2-3,8-13H2,1H3. The molecule has 1 N–H and O–H groups in total. The number of nitrogens with zero attached hydrogens (tertiary/aromatic N) is 1. The fourth-order valence-electron chi connectivity index (χ4n) is 2.35. The van der Waals surface area contributed by atoms with E-state index in [1.54, 1.807) is 0 Å². The minimum absolute atomic E-state index is 0.416. The molecule has 4 nitrogen and oxygen atoms in total. The lowest BCUT2D eigenvalue weighted by Crippen LogP contribution is -2.36. The van der Waals surface area contributed by atoms with E-state index in [9.17, 15) is 5.11 Å². The van der Waals surface area contributed by atoms with Gasteiger partial charge in [-0.05, 0) is 12.5 Å². The van der Waals surface area contributed by atoms with Crippen molar-refractivity contribution in [1.82, 2.24) is 4.90 Å². The molecule has 0 spiro atoms. The predicted molar refractivity (Wildman–Crippen MR) is 78.9 cm³/mol. The van der Waals surface area contributed by atoms with E-state index < -0.39 is 6.10 Å². The first-order valence-electron chi connectivity index (χ1n) is 7.48. The Morgan fingerprint density at radius 2 is 2.25 bits per heavy atom. The maximum Gasteiger partial charge on any atom is 0.123 e. The molecule has 1 aromatic carbocycles. The van der Waals surface area contributed by atoms with Crippen LogP contribution in [0.4, 0.5) is 0 Å². The van der Waals surface area contributed by atoms with Crippen molar-refractivity contribution in [3.8, 4) is 5.75 Å². The number of ether oxygens (including phenoxy) is 2. The number of aliphatic hydroxyl groups excluding tert-OH is 1. The van der Waals surface area contributed by atoms with E-state index in [1.807, 2.05) is 18.2 Å². The minimum Gasteiger partial charge on any atom is -0.492 e. The normalized spacial score (nSPS) is 17.1. The van der Waals surface area contributed by atoms with Gasteiger partial charge in [-0.2, -0.15) is 0 Å². The minimum atomic E-state index is -0.433. The molecule has 0 saturated heterocycles. The summed E-state index contributed by atoms with van der Waals surface area (Å²) in [4.78, 5) is 2.22. The van der Waals surface area contributed by atoms with E-state index in [1.165, 1.54) is 5.56 Å². The van der Waals surface area contributed by atoms with Crippen LogP contribution in [0.25, 0.3) is 0 Å². The fourth-order valence-corrected chi connectivity index (χ4v) is 2.35. The Morgan fingerprint density at radius 3 is 3.10 bits per heavy atom. The molecule has 4 heteroatoms. The number of hydrogen-bond donors (Lipinski definition) is 1. The molecule has 0 aliphatic carbocycles. The topological polar surface area (TPSA) is 41.9 Å². The van der Waals surface area contributed by atoms with E-state index >= 15 is 0 Å². The second-order valence-electron chi connectivity index (χ2n) is 5.27. The van der Waals surface area contributed by atoms with Crippen molar-refractivity contribution in [1.29, 1.82) is 0 Å². The first kappa shape index (κ1) is 15.3. The first-order valence-corrected chi connectivity index (χ1v) is 7.48. The Hall–Kier alpha value is -1.10. The van der Waals surface area contributed by atoms with Crippen molar-refractivity contribution >= 4 is 0 Å². The molecule has 0 fully saturated rings. The summed E-state index contributed by atoms with van der Waals surface area (Å²) in [7, 11) is 0. The number of para-hydroxylation sites is 1. The highest BCUT2D eigenvalue weighted by Crippen LogP contribution is 2.22. The average molecular weight is 279 g/mol. The third-order valence-electron chi connectivity index (χ3n) is 3.45. The number of hydrogen-bond acceptors (Lipinski definition) is 4. The SMILES string of the molecule is CCCCOCC(O)CN1CCOc2ccccc2C1. The predicted octanol–water partition coefficient (Wildman–Crippen LogP) is 2.06. The van der Waals surface area contributed by atoms with Crippen LogP contribution in [0, 0.1) is 0 Å². The molecule has 0 radical (unpaired) electrons. The maximum atomic E-state index is 10.0. The molecule has 112 valence electrons. The van der Waals surface area contributed by atoms with Gasteiger partial charge in [0.25, 0.3) is 0 Å². The lowest BCUT2D eigenvalue weighted by atomic mass is 10.2. The van der Waals surface area contributed by atoms with Crippen LogP contribution >= 0.6 is 0 Å². The zero-order valence-electron chi connectivity index (χ0n) is 12.3. The van der Waals surface area contributed by atoms with Gasteiger partial charge in [-0.15, -0.1) is 0 Å². The lowest BCUT2D eigenvalue weighted by molar-refractivity contribution is 0.0138. The third kappa shape index (κ3) is 4.78. The van der Waals surface area contributed by atoms with Gasteiger partial charge >= 0.3 is 0 Å². The highest BCUT2D eigenvalue weighted by molar-refractivity contribution is 5.33. The van der Waals surface area contributed by atoms with Crippen LogP contribution in [0.3, 0.4) is 0 Å². The van der Waals surface area contributed by atoms with E-state index in [-0.39, 0.29) is 0 Å². The van der Waals surface area contributed by atoms with E-state index in [0.717, 1.165) is 38.3 Å². The van der Waals surface area contributed by atoms with Gasteiger partial charge in [0.1, 0.15) is 12.4 Å². The van der Waals surface area contributed by atoms with Crippen molar-refractivity contribution in [2.24, 2.45) is 0 Å². The Morgan fingerprint density at radius 1 is 1.40 bits per heavy atom. The molecule has 1 aliphatic heterocycles. The van der Waals surface area contributed by atoms with Gasteiger partial charge in [0, 0.05) is 31.8 Å². The monoisotopic (exact) mass is 279 g/mol. The summed E-state index contributed by atoms with van der Waals surface area (Å²) in [6.45, 7) is 6.24. The van der Waals surface area contributed by atoms with E-state index in [0.29, 0.717) is 19.8 Å². The van der Waals surface area contributed by atoms with Gasteiger partial charge in [0.05, 0.1) is 12.7 Å². The average Bonchev–Trinajstić information content (AvgIpc) is 2.65. The lowest BCUT2D eigenvalue weighted by Gasteiger charge is -2.22. The summed E-state index contributed by atoms with van der Waals surface area (Å²) >= 11 is 0. The van der Waals surface area contributed by atoms with E-state index in [4.69, 9.17) is 9.47 Å². The Bertz CT molecular complexity index is 397. The quantitative estimate of drug-likeness (QED) is 0.776. The largest absolute Gasteiger partial charge is 0.492 e.